The molecule has 0 aromatic heterocycles. The van der Waals surface area contributed by atoms with Crippen LogP contribution in [-0.2, 0) is 0 Å². The van der Waals surface area contributed by atoms with Crippen LogP contribution in [0.4, 0.5) is 4.39 Å². The molecule has 0 unspecified atom stereocenters. The molecule has 0 saturated heterocycles. The molecule has 0 nitrogen and oxygen atoms in total. The van der Waals surface area contributed by atoms with Gasteiger partial charge in [0, 0.05) is 4.86 Å². The molecule has 1 saturated carbocycles. The summed E-state index contributed by atoms with van der Waals surface area (Å²) in [5.41, 5.74) is 1.97. The molecule has 1 aromatic carbocycles. The molecule has 2 heteroatoms. The van der Waals surface area contributed by atoms with Crippen molar-refractivity contribution in [3.63, 3.8) is 0 Å². The number of halogens is 1. The van der Waals surface area contributed by atoms with Crippen molar-refractivity contribution in [3.05, 3.63) is 35.1 Å². The Morgan fingerprint density at radius 2 is 2.08 bits per heavy atom. The maximum atomic E-state index is 13.1. The molecule has 0 bridgehead atoms. The Balaban J connectivity index is 2.41. The first-order valence-electron chi connectivity index (χ1n) is 4.48. The molecule has 0 spiro atoms. The molecule has 1 aliphatic rings. The van der Waals surface area contributed by atoms with Crippen molar-refractivity contribution in [2.75, 3.05) is 0 Å². The van der Waals surface area contributed by atoms with Crippen LogP contribution >= 0.6 is 12.2 Å². The summed E-state index contributed by atoms with van der Waals surface area (Å²) in [7, 11) is 0. The summed E-state index contributed by atoms with van der Waals surface area (Å²) >= 11 is 5.02. The molecule has 13 heavy (non-hydrogen) atoms. The Morgan fingerprint density at radius 3 is 2.62 bits per heavy atom. The number of benzene rings is 1. The molecular weight excluding hydrogens is 183 g/mol. The van der Waals surface area contributed by atoms with Crippen molar-refractivity contribution in [1.29, 1.82) is 0 Å². The second kappa shape index (κ2) is 3.18. The number of thiocarbonyl (C=S) groups is 1. The van der Waals surface area contributed by atoms with E-state index in [0.717, 1.165) is 16.0 Å². The zero-order valence-corrected chi connectivity index (χ0v) is 8.33. The van der Waals surface area contributed by atoms with E-state index < -0.39 is 0 Å². The van der Waals surface area contributed by atoms with Crippen molar-refractivity contribution in [2.24, 2.45) is 0 Å². The molecule has 1 aliphatic carbocycles. The topological polar surface area (TPSA) is 0 Å². The third-order valence-corrected chi connectivity index (χ3v) is 2.61. The first-order valence-corrected chi connectivity index (χ1v) is 4.89. The van der Waals surface area contributed by atoms with Crippen LogP contribution in [0.2, 0.25) is 0 Å². The highest BCUT2D eigenvalue weighted by atomic mass is 32.1. The van der Waals surface area contributed by atoms with Crippen molar-refractivity contribution < 1.29 is 4.39 Å². The molecule has 68 valence electrons. The van der Waals surface area contributed by atoms with Gasteiger partial charge in [-0.2, -0.15) is 0 Å². The minimum atomic E-state index is -0.163. The monoisotopic (exact) mass is 194 g/mol. The van der Waals surface area contributed by atoms with Crippen LogP contribution in [0.5, 0.6) is 0 Å². The molecule has 0 aliphatic heterocycles. The smallest absolute Gasteiger partial charge is 0.124 e. The summed E-state index contributed by atoms with van der Waals surface area (Å²) < 4.78 is 13.1. The summed E-state index contributed by atoms with van der Waals surface area (Å²) in [5.74, 6) is 0.424. The van der Waals surface area contributed by atoms with Gasteiger partial charge in [0.1, 0.15) is 5.82 Å². The molecule has 0 amide bonds. The minimum Gasteiger partial charge on any atom is -0.207 e. The second-order valence-corrected chi connectivity index (χ2v) is 4.22. The van der Waals surface area contributed by atoms with E-state index in [1.807, 2.05) is 13.0 Å². The van der Waals surface area contributed by atoms with Gasteiger partial charge in [-0.25, -0.2) is 4.39 Å². The average Bonchev–Trinajstić information content (AvgIpc) is 2.85. The zero-order valence-electron chi connectivity index (χ0n) is 7.51. The van der Waals surface area contributed by atoms with Crippen molar-refractivity contribution in [2.45, 2.75) is 25.7 Å². The van der Waals surface area contributed by atoms with E-state index in [9.17, 15) is 4.39 Å². The molecule has 0 N–H and O–H groups in total. The van der Waals surface area contributed by atoms with E-state index in [4.69, 9.17) is 12.2 Å². The highest BCUT2D eigenvalue weighted by Gasteiger charge is 2.24. The Hall–Kier alpha value is -0.760. The van der Waals surface area contributed by atoms with Crippen LogP contribution < -0.4 is 0 Å². The lowest BCUT2D eigenvalue weighted by atomic mass is 10.1. The molecule has 0 radical (unpaired) electrons. The van der Waals surface area contributed by atoms with Gasteiger partial charge < -0.3 is 0 Å². The van der Waals surface area contributed by atoms with E-state index in [0.29, 0.717) is 5.92 Å². The third-order valence-electron chi connectivity index (χ3n) is 2.38. The predicted octanol–water partition coefficient (Wildman–Crippen LogP) is 3.44. The Kier molecular flexibility index (Phi) is 2.16. The Morgan fingerprint density at radius 1 is 1.38 bits per heavy atom. The summed E-state index contributed by atoms with van der Waals surface area (Å²) in [4.78, 5) is 0.765. The Labute approximate surface area is 82.8 Å². The minimum absolute atomic E-state index is 0.163. The quantitative estimate of drug-likeness (QED) is 0.513. The summed E-state index contributed by atoms with van der Waals surface area (Å²) in [5, 5.41) is 0. The van der Waals surface area contributed by atoms with Gasteiger partial charge >= 0.3 is 0 Å². The van der Waals surface area contributed by atoms with Crippen LogP contribution in [0.25, 0.3) is 0 Å². The largest absolute Gasteiger partial charge is 0.207 e. The van der Waals surface area contributed by atoms with Crippen LogP contribution in [-0.4, -0.2) is 4.86 Å². The SMILES string of the molecule is CC(=S)c1cc(F)cc(C2CC2)c1. The molecule has 2 rings (SSSR count). The van der Waals surface area contributed by atoms with E-state index in [1.54, 1.807) is 6.07 Å². The van der Waals surface area contributed by atoms with E-state index in [1.165, 1.54) is 18.9 Å². The van der Waals surface area contributed by atoms with Gasteiger partial charge in [0.25, 0.3) is 0 Å². The fourth-order valence-electron chi connectivity index (χ4n) is 1.47. The van der Waals surface area contributed by atoms with Gasteiger partial charge in [-0.3, -0.25) is 0 Å². The zero-order chi connectivity index (χ0) is 9.42. The summed E-state index contributed by atoms with van der Waals surface area (Å²) in [6.45, 7) is 1.83. The summed E-state index contributed by atoms with van der Waals surface area (Å²) in [6, 6.07) is 5.15. The molecular formula is C11H11FS. The summed E-state index contributed by atoms with van der Waals surface area (Å²) in [6.07, 6.45) is 2.39. The lowest BCUT2D eigenvalue weighted by Crippen LogP contribution is -1.94. The van der Waals surface area contributed by atoms with E-state index >= 15 is 0 Å². The van der Waals surface area contributed by atoms with E-state index in [-0.39, 0.29) is 5.82 Å². The normalized spacial score (nSPS) is 15.8. The van der Waals surface area contributed by atoms with Crippen LogP contribution in [0.15, 0.2) is 18.2 Å². The first kappa shape index (κ1) is 8.82. The van der Waals surface area contributed by atoms with Gasteiger partial charge in [0.15, 0.2) is 0 Å². The van der Waals surface area contributed by atoms with Gasteiger partial charge in [0.2, 0.25) is 0 Å². The number of hydrogen-bond donors (Lipinski definition) is 0. The van der Waals surface area contributed by atoms with Crippen LogP contribution in [0, 0.1) is 5.82 Å². The third kappa shape index (κ3) is 1.94. The van der Waals surface area contributed by atoms with Crippen LogP contribution in [0.1, 0.15) is 36.8 Å². The maximum Gasteiger partial charge on any atom is 0.124 e. The molecule has 0 heterocycles. The maximum absolute atomic E-state index is 13.1. The van der Waals surface area contributed by atoms with Gasteiger partial charge in [-0.05, 0) is 48.9 Å². The van der Waals surface area contributed by atoms with Crippen molar-refractivity contribution >= 4 is 17.1 Å². The standard InChI is InChI=1S/C11H11FS/c1-7(13)9-4-10(8-2-3-8)6-11(12)5-9/h4-6,8H,2-3H2,1H3. The fourth-order valence-corrected chi connectivity index (χ4v) is 1.59. The van der Waals surface area contributed by atoms with E-state index in [2.05, 4.69) is 0 Å². The number of hydrogen-bond acceptors (Lipinski definition) is 1. The molecule has 1 aromatic rings. The molecule has 0 atom stereocenters. The predicted molar refractivity (Wildman–Crippen MR) is 55.7 cm³/mol. The average molecular weight is 194 g/mol. The van der Waals surface area contributed by atoms with Gasteiger partial charge in [-0.15, -0.1) is 0 Å². The van der Waals surface area contributed by atoms with Crippen LogP contribution in [0.3, 0.4) is 0 Å². The lowest BCUT2D eigenvalue weighted by molar-refractivity contribution is 0.625. The highest BCUT2D eigenvalue weighted by Crippen LogP contribution is 2.40. The van der Waals surface area contributed by atoms with Crippen molar-refractivity contribution in [3.8, 4) is 0 Å². The highest BCUT2D eigenvalue weighted by molar-refractivity contribution is 7.80. The Bertz CT molecular complexity index is 353. The number of rotatable bonds is 2. The van der Waals surface area contributed by atoms with Gasteiger partial charge in [-0.1, -0.05) is 18.3 Å². The molecule has 1 fully saturated rings. The second-order valence-electron chi connectivity index (χ2n) is 3.60. The fraction of sp³-hybridized carbons (Fsp3) is 0.364. The first-order chi connectivity index (χ1) is 6.16. The van der Waals surface area contributed by atoms with Gasteiger partial charge in [0.05, 0.1) is 0 Å². The van der Waals surface area contributed by atoms with Crippen molar-refractivity contribution in [1.82, 2.24) is 0 Å². The lowest BCUT2D eigenvalue weighted by Gasteiger charge is -2.03.